The highest BCUT2D eigenvalue weighted by Crippen LogP contribution is 2.45. The lowest BCUT2D eigenvalue weighted by Crippen LogP contribution is -2.11. The number of hydrogen-bond acceptors (Lipinski definition) is 0. The Kier molecular flexibility index (Phi) is 8.75. The molecule has 0 aromatic heterocycles. The molecule has 0 aliphatic rings. The molecule has 0 bridgehead atoms. The summed E-state index contributed by atoms with van der Waals surface area (Å²) in [6.07, 6.45) is 4.47. The Morgan fingerprint density at radius 3 is 0.722 bits per heavy atom. The molecule has 0 radical (unpaired) electrons. The van der Waals surface area contributed by atoms with Crippen LogP contribution in [0.15, 0.2) is 146 Å². The molecule has 0 unspecified atom stereocenters. The molecule has 0 amide bonds. The highest BCUT2D eigenvalue weighted by molar-refractivity contribution is 7.64. The summed E-state index contributed by atoms with van der Waals surface area (Å²) in [5.74, 6) is 0. The summed E-state index contributed by atoms with van der Waals surface area (Å²) in [6.45, 7) is 0. The molecule has 2 heteroatoms. The maximum atomic E-state index is 2.43. The molecule has 0 saturated carbocycles. The van der Waals surface area contributed by atoms with Crippen LogP contribution >= 0.6 is 15.8 Å². The SMILES string of the molecule is c1ccc(CP(Cc2ccccc2)c2ccc(P(Cc3ccccc3)Cc3ccccc3)cc2)cc1. The van der Waals surface area contributed by atoms with Gasteiger partial charge < -0.3 is 0 Å². The Balaban J connectivity index is 1.41. The van der Waals surface area contributed by atoms with Gasteiger partial charge in [0.2, 0.25) is 0 Å². The molecule has 0 aliphatic carbocycles. The van der Waals surface area contributed by atoms with E-state index in [2.05, 4.69) is 146 Å². The van der Waals surface area contributed by atoms with E-state index in [1.165, 1.54) is 32.9 Å². The van der Waals surface area contributed by atoms with Crippen LogP contribution in [-0.4, -0.2) is 0 Å². The Morgan fingerprint density at radius 1 is 0.278 bits per heavy atom. The van der Waals surface area contributed by atoms with Gasteiger partial charge in [-0.2, -0.15) is 0 Å². The molecule has 0 fully saturated rings. The summed E-state index contributed by atoms with van der Waals surface area (Å²) in [4.78, 5) is 0. The van der Waals surface area contributed by atoms with Crippen molar-refractivity contribution in [3.8, 4) is 0 Å². The molecular weight excluding hydrogens is 470 g/mol. The van der Waals surface area contributed by atoms with Crippen molar-refractivity contribution in [3.63, 3.8) is 0 Å². The first-order valence-electron chi connectivity index (χ1n) is 12.6. The Labute approximate surface area is 218 Å². The van der Waals surface area contributed by atoms with Crippen LogP contribution in [0.2, 0.25) is 0 Å². The van der Waals surface area contributed by atoms with Crippen molar-refractivity contribution in [1.29, 1.82) is 0 Å². The fraction of sp³-hybridized carbons (Fsp3) is 0.118. The van der Waals surface area contributed by atoms with Crippen molar-refractivity contribution in [1.82, 2.24) is 0 Å². The lowest BCUT2D eigenvalue weighted by molar-refractivity contribution is 1.33. The standard InChI is InChI=1S/C34H32P2/c1-5-13-29(14-6-1)25-35(26-30-15-7-2-8-16-30)33-21-23-34(24-22-33)36(27-31-17-9-3-10-18-31)28-32-19-11-4-12-20-32/h1-24H,25-28H2. The maximum Gasteiger partial charge on any atom is -0.00298 e. The zero-order valence-corrected chi connectivity index (χ0v) is 22.4. The second-order valence-electron chi connectivity index (χ2n) is 9.17. The molecule has 0 saturated heterocycles. The predicted molar refractivity (Wildman–Crippen MR) is 160 cm³/mol. The Morgan fingerprint density at radius 2 is 0.500 bits per heavy atom. The minimum absolute atomic E-state index is 0.329. The van der Waals surface area contributed by atoms with Gasteiger partial charge in [0.15, 0.2) is 0 Å². The van der Waals surface area contributed by atoms with Crippen molar-refractivity contribution < 1.29 is 0 Å². The van der Waals surface area contributed by atoms with Gasteiger partial charge in [-0.1, -0.05) is 161 Å². The van der Waals surface area contributed by atoms with Crippen LogP contribution in [0.1, 0.15) is 22.3 Å². The first-order valence-corrected chi connectivity index (χ1v) is 16.0. The lowest BCUT2D eigenvalue weighted by atomic mass is 10.2. The minimum Gasteiger partial charge on any atom is -0.0664 e. The second-order valence-corrected chi connectivity index (χ2v) is 13.6. The Hall–Kier alpha value is -3.04. The van der Waals surface area contributed by atoms with Gasteiger partial charge >= 0.3 is 0 Å². The summed E-state index contributed by atoms with van der Waals surface area (Å²) in [6, 6.07) is 53.6. The van der Waals surface area contributed by atoms with Crippen LogP contribution in [0.3, 0.4) is 0 Å². The van der Waals surface area contributed by atoms with E-state index in [1.54, 1.807) is 0 Å². The zero-order valence-electron chi connectivity index (χ0n) is 20.6. The van der Waals surface area contributed by atoms with Gasteiger partial charge in [-0.05, 0) is 57.5 Å². The molecule has 0 nitrogen and oxygen atoms in total. The van der Waals surface area contributed by atoms with Crippen molar-refractivity contribution >= 4 is 26.5 Å². The minimum atomic E-state index is -0.329. The first-order chi connectivity index (χ1) is 17.8. The molecule has 0 atom stereocenters. The summed E-state index contributed by atoms with van der Waals surface area (Å²) < 4.78 is 0. The number of benzene rings is 5. The fourth-order valence-corrected chi connectivity index (χ4v) is 9.27. The van der Waals surface area contributed by atoms with Gasteiger partial charge in [-0.15, -0.1) is 0 Å². The highest BCUT2D eigenvalue weighted by atomic mass is 31.1. The van der Waals surface area contributed by atoms with E-state index in [1.807, 2.05) is 0 Å². The van der Waals surface area contributed by atoms with Crippen LogP contribution in [0.25, 0.3) is 0 Å². The van der Waals surface area contributed by atoms with E-state index in [0.717, 1.165) is 24.6 Å². The van der Waals surface area contributed by atoms with E-state index in [9.17, 15) is 0 Å². The van der Waals surface area contributed by atoms with Crippen LogP contribution in [0, 0.1) is 0 Å². The van der Waals surface area contributed by atoms with E-state index in [-0.39, 0.29) is 15.8 Å². The molecule has 0 heterocycles. The third kappa shape index (κ3) is 7.01. The zero-order chi connectivity index (χ0) is 24.4. The van der Waals surface area contributed by atoms with Gasteiger partial charge in [0.05, 0.1) is 0 Å². The molecule has 5 rings (SSSR count). The van der Waals surface area contributed by atoms with E-state index >= 15 is 0 Å². The summed E-state index contributed by atoms with van der Waals surface area (Å²) in [5, 5.41) is 2.99. The van der Waals surface area contributed by atoms with Crippen molar-refractivity contribution in [3.05, 3.63) is 168 Å². The summed E-state index contributed by atoms with van der Waals surface area (Å²) >= 11 is 0. The molecule has 0 spiro atoms. The highest BCUT2D eigenvalue weighted by Gasteiger charge is 2.16. The summed E-state index contributed by atoms with van der Waals surface area (Å²) in [7, 11) is -0.658. The van der Waals surface area contributed by atoms with E-state index < -0.39 is 0 Å². The Bertz CT molecular complexity index is 1110. The van der Waals surface area contributed by atoms with Crippen molar-refractivity contribution in [2.45, 2.75) is 24.6 Å². The number of rotatable bonds is 10. The normalized spacial score (nSPS) is 11.2. The molecule has 5 aromatic rings. The van der Waals surface area contributed by atoms with Gasteiger partial charge in [0, 0.05) is 0 Å². The smallest absolute Gasteiger partial charge is 0.00298 e. The fourth-order valence-electron chi connectivity index (χ4n) is 4.57. The largest absolute Gasteiger partial charge is 0.0664 e. The monoisotopic (exact) mass is 502 g/mol. The third-order valence-corrected chi connectivity index (χ3v) is 11.5. The van der Waals surface area contributed by atoms with Crippen LogP contribution in [-0.2, 0) is 24.6 Å². The van der Waals surface area contributed by atoms with Gasteiger partial charge in [-0.3, -0.25) is 0 Å². The predicted octanol–water partition coefficient (Wildman–Crippen LogP) is 8.70. The maximum absolute atomic E-state index is 2.43. The molecular formula is C34H32P2. The quantitative estimate of drug-likeness (QED) is 0.168. The topological polar surface area (TPSA) is 0 Å². The second kappa shape index (κ2) is 12.8. The molecule has 178 valence electrons. The number of hydrogen-bond donors (Lipinski definition) is 0. The molecule has 0 N–H and O–H groups in total. The first kappa shape index (κ1) is 24.6. The van der Waals surface area contributed by atoms with Gasteiger partial charge in [0.1, 0.15) is 0 Å². The molecule has 36 heavy (non-hydrogen) atoms. The van der Waals surface area contributed by atoms with Crippen molar-refractivity contribution in [2.24, 2.45) is 0 Å². The average Bonchev–Trinajstić information content (AvgIpc) is 2.95. The lowest BCUT2D eigenvalue weighted by Gasteiger charge is -2.22. The van der Waals surface area contributed by atoms with Crippen LogP contribution < -0.4 is 10.6 Å². The van der Waals surface area contributed by atoms with Crippen molar-refractivity contribution in [2.75, 3.05) is 0 Å². The van der Waals surface area contributed by atoms with Gasteiger partial charge in [-0.25, -0.2) is 0 Å². The van der Waals surface area contributed by atoms with Crippen LogP contribution in [0.5, 0.6) is 0 Å². The molecule has 0 aliphatic heterocycles. The third-order valence-electron chi connectivity index (χ3n) is 6.45. The van der Waals surface area contributed by atoms with Gasteiger partial charge in [0.25, 0.3) is 0 Å². The summed E-state index contributed by atoms with van der Waals surface area (Å²) in [5.41, 5.74) is 5.72. The molecule has 5 aromatic carbocycles. The van der Waals surface area contributed by atoms with Crippen LogP contribution in [0.4, 0.5) is 0 Å². The van der Waals surface area contributed by atoms with E-state index in [0.29, 0.717) is 0 Å². The average molecular weight is 503 g/mol. The van der Waals surface area contributed by atoms with E-state index in [4.69, 9.17) is 0 Å².